The van der Waals surface area contributed by atoms with Crippen molar-refractivity contribution in [2.45, 2.75) is 62.6 Å². The van der Waals surface area contributed by atoms with Crippen LogP contribution in [0.2, 0.25) is 0 Å². The second-order valence-corrected chi connectivity index (χ2v) is 14.5. The summed E-state index contributed by atoms with van der Waals surface area (Å²) >= 11 is 1.47. The quantitative estimate of drug-likeness (QED) is 0.0928. The summed E-state index contributed by atoms with van der Waals surface area (Å²) in [7, 11) is 1.86. The molecule has 1 aliphatic carbocycles. The Labute approximate surface area is 320 Å². The van der Waals surface area contributed by atoms with E-state index in [1.165, 1.54) is 67.0 Å². The van der Waals surface area contributed by atoms with Gasteiger partial charge >= 0.3 is 11.9 Å². The Morgan fingerprint density at radius 2 is 1.27 bits per heavy atom. The minimum Gasteiger partial charge on any atom is -0.508 e. The summed E-state index contributed by atoms with van der Waals surface area (Å²) in [5.74, 6) is -4.80. The van der Waals surface area contributed by atoms with Gasteiger partial charge in [0.15, 0.2) is 0 Å². The second-order valence-electron chi connectivity index (χ2n) is 13.5. The molecule has 0 radical (unpaired) electrons. The maximum atomic E-state index is 13.6. The third-order valence-corrected chi connectivity index (χ3v) is 10.7. The first-order valence-corrected chi connectivity index (χ1v) is 18.7. The van der Waals surface area contributed by atoms with Gasteiger partial charge in [0.1, 0.15) is 28.6 Å². The fraction of sp³-hybridized carbons (Fsp3) is 0.268. The SMILES string of the molecule is Cn1nc(-c2ccc(C(=O)N[C@H](C(=O)O)C(c3ccc(O)cc3)c3ccc(C(=O)N[C@@H](Cc4ccc(O)cc4)C(=O)O)cc3)cc2)sc1=NC1CCCCC1. The first-order chi connectivity index (χ1) is 26.4. The number of aromatic hydroxyl groups is 2. The molecule has 284 valence electrons. The number of aromatic nitrogens is 2. The standard InChI is InChI=1S/C41H41N5O8S/c1-46-41(42-30-5-3-2-4-6-30)55-38(45-46)29-15-13-28(14-16-29)37(50)44-35(40(53)54)34(26-17-21-32(48)22-18-26)25-9-11-27(12-10-25)36(49)43-33(39(51)52)23-24-7-19-31(47)20-8-24/h7-22,30,33-35,47-48H,2-6,23H2,1H3,(H,43,49)(H,44,50)(H,51,52)(H,53,54)/t33-,34?,35-/m0/s1. The molecule has 5 aromatic rings. The molecule has 1 fully saturated rings. The van der Waals surface area contributed by atoms with Gasteiger partial charge in [0.25, 0.3) is 11.8 Å². The van der Waals surface area contributed by atoms with Crippen LogP contribution in [-0.2, 0) is 23.1 Å². The topological polar surface area (TPSA) is 203 Å². The predicted octanol–water partition coefficient (Wildman–Crippen LogP) is 5.23. The van der Waals surface area contributed by atoms with Crippen molar-refractivity contribution in [3.63, 3.8) is 0 Å². The van der Waals surface area contributed by atoms with E-state index in [1.54, 1.807) is 65.3 Å². The van der Waals surface area contributed by atoms with Crippen molar-refractivity contribution in [1.29, 1.82) is 0 Å². The normalized spacial score (nSPS) is 15.1. The maximum Gasteiger partial charge on any atom is 0.327 e. The highest BCUT2D eigenvalue weighted by atomic mass is 32.1. The van der Waals surface area contributed by atoms with Gasteiger partial charge in [0.05, 0.1) is 6.04 Å². The van der Waals surface area contributed by atoms with E-state index in [4.69, 9.17) is 4.99 Å². The molecule has 6 N–H and O–H groups in total. The molecule has 1 aliphatic rings. The Bertz CT molecular complexity index is 2210. The molecule has 1 unspecified atom stereocenters. The number of phenolic OH excluding ortho intramolecular Hbond substituents is 2. The number of rotatable bonds is 13. The second kappa shape index (κ2) is 17.2. The van der Waals surface area contributed by atoms with Gasteiger partial charge in [-0.25, -0.2) is 14.3 Å². The van der Waals surface area contributed by atoms with E-state index in [-0.39, 0.29) is 29.0 Å². The Morgan fingerprint density at radius 3 is 1.84 bits per heavy atom. The lowest BCUT2D eigenvalue weighted by molar-refractivity contribution is -0.140. The molecule has 0 saturated heterocycles. The van der Waals surface area contributed by atoms with Crippen LogP contribution in [0.3, 0.4) is 0 Å². The van der Waals surface area contributed by atoms with E-state index >= 15 is 0 Å². The van der Waals surface area contributed by atoms with Crippen LogP contribution in [-0.4, -0.2) is 72.1 Å². The van der Waals surface area contributed by atoms with E-state index in [0.29, 0.717) is 22.7 Å². The third kappa shape index (κ3) is 9.64. The zero-order valence-electron chi connectivity index (χ0n) is 30.0. The summed E-state index contributed by atoms with van der Waals surface area (Å²) in [6.45, 7) is 0. The summed E-state index contributed by atoms with van der Waals surface area (Å²) in [6.07, 6.45) is 5.72. The number of aliphatic carboxylic acids is 2. The minimum absolute atomic E-state index is 0.0216. The number of amides is 2. The van der Waals surface area contributed by atoms with E-state index in [9.17, 15) is 39.6 Å². The van der Waals surface area contributed by atoms with E-state index in [1.807, 2.05) is 7.05 Å². The van der Waals surface area contributed by atoms with Crippen LogP contribution in [0.4, 0.5) is 0 Å². The van der Waals surface area contributed by atoms with Gasteiger partial charge in [-0.2, -0.15) is 5.10 Å². The van der Waals surface area contributed by atoms with E-state index in [2.05, 4.69) is 15.7 Å². The molecule has 13 nitrogen and oxygen atoms in total. The fourth-order valence-electron chi connectivity index (χ4n) is 6.63. The molecule has 14 heteroatoms. The Kier molecular flexibility index (Phi) is 12.1. The highest BCUT2D eigenvalue weighted by Gasteiger charge is 2.33. The number of carboxylic acid groups (broad SMARTS) is 2. The number of hydrogen-bond acceptors (Lipinski definition) is 9. The van der Waals surface area contributed by atoms with Crippen LogP contribution in [0.15, 0.2) is 102 Å². The molecule has 2 amide bonds. The number of benzene rings is 4. The fourth-order valence-corrected chi connectivity index (χ4v) is 7.60. The molecule has 0 aliphatic heterocycles. The summed E-state index contributed by atoms with van der Waals surface area (Å²) in [5.41, 5.74) is 2.67. The molecule has 1 heterocycles. The maximum absolute atomic E-state index is 13.6. The predicted molar refractivity (Wildman–Crippen MR) is 205 cm³/mol. The zero-order valence-corrected chi connectivity index (χ0v) is 30.8. The molecule has 0 spiro atoms. The third-order valence-electron chi connectivity index (χ3n) is 9.62. The number of nitrogens with one attached hydrogen (secondary N) is 2. The number of aryl methyl sites for hydroxylation is 1. The minimum atomic E-state index is -1.47. The number of carbonyl (C=O) groups excluding carboxylic acids is 2. The number of phenols is 2. The number of carbonyl (C=O) groups is 4. The van der Waals surface area contributed by atoms with Gasteiger partial charge in [-0.3, -0.25) is 14.6 Å². The van der Waals surface area contributed by atoms with Gasteiger partial charge in [-0.1, -0.05) is 79.1 Å². The Balaban J connectivity index is 1.20. The van der Waals surface area contributed by atoms with E-state index in [0.717, 1.165) is 28.2 Å². The lowest BCUT2D eigenvalue weighted by Crippen LogP contribution is -2.45. The molecule has 4 aromatic carbocycles. The van der Waals surface area contributed by atoms with Crippen LogP contribution in [0, 0.1) is 0 Å². The summed E-state index contributed by atoms with van der Waals surface area (Å²) < 4.78 is 1.77. The number of hydrogen-bond donors (Lipinski definition) is 6. The zero-order chi connectivity index (χ0) is 39.1. The van der Waals surface area contributed by atoms with Gasteiger partial charge < -0.3 is 31.1 Å². The van der Waals surface area contributed by atoms with E-state index < -0.39 is 41.8 Å². The highest BCUT2D eigenvalue weighted by molar-refractivity contribution is 7.12. The van der Waals surface area contributed by atoms with Crippen molar-refractivity contribution >= 4 is 35.1 Å². The van der Waals surface area contributed by atoms with Crippen molar-refractivity contribution in [1.82, 2.24) is 20.4 Å². The summed E-state index contributed by atoms with van der Waals surface area (Å²) in [6, 6.07) is 22.2. The summed E-state index contributed by atoms with van der Waals surface area (Å²) in [4.78, 5) is 57.3. The molecule has 0 bridgehead atoms. The Morgan fingerprint density at radius 1 is 0.745 bits per heavy atom. The van der Waals surface area contributed by atoms with Gasteiger partial charge in [-0.15, -0.1) is 0 Å². The largest absolute Gasteiger partial charge is 0.508 e. The first-order valence-electron chi connectivity index (χ1n) is 17.9. The van der Waals surface area contributed by atoms with Crippen molar-refractivity contribution in [3.8, 4) is 22.1 Å². The van der Waals surface area contributed by atoms with Crippen LogP contribution in [0.1, 0.15) is 75.4 Å². The molecule has 1 aromatic heterocycles. The van der Waals surface area contributed by atoms with Crippen molar-refractivity contribution in [3.05, 3.63) is 130 Å². The lowest BCUT2D eigenvalue weighted by atomic mass is 9.84. The summed E-state index contributed by atoms with van der Waals surface area (Å²) in [5, 5.41) is 50.3. The lowest BCUT2D eigenvalue weighted by Gasteiger charge is -2.26. The van der Waals surface area contributed by atoms with Crippen LogP contribution >= 0.6 is 11.3 Å². The van der Waals surface area contributed by atoms with Crippen molar-refractivity contribution in [2.75, 3.05) is 0 Å². The van der Waals surface area contributed by atoms with Crippen molar-refractivity contribution < 1.29 is 39.6 Å². The molecular formula is C41H41N5O8S. The van der Waals surface area contributed by atoms with Crippen LogP contribution in [0.25, 0.3) is 10.6 Å². The Hall–Kier alpha value is -6.28. The monoisotopic (exact) mass is 763 g/mol. The smallest absolute Gasteiger partial charge is 0.327 e. The van der Waals surface area contributed by atoms with Gasteiger partial charge in [-0.05, 0) is 78.1 Å². The molecule has 3 atom stereocenters. The number of carboxylic acids is 2. The number of nitrogens with zero attached hydrogens (tertiary/aromatic N) is 3. The van der Waals surface area contributed by atoms with Gasteiger partial charge in [0.2, 0.25) is 4.80 Å². The first kappa shape index (κ1) is 38.4. The van der Waals surface area contributed by atoms with Crippen LogP contribution < -0.4 is 15.4 Å². The molecule has 1 saturated carbocycles. The molecular weight excluding hydrogens is 723 g/mol. The van der Waals surface area contributed by atoms with Crippen LogP contribution in [0.5, 0.6) is 11.5 Å². The average molecular weight is 764 g/mol. The molecule has 55 heavy (non-hydrogen) atoms. The average Bonchev–Trinajstić information content (AvgIpc) is 3.55. The molecule has 6 rings (SSSR count). The highest BCUT2D eigenvalue weighted by Crippen LogP contribution is 2.31. The van der Waals surface area contributed by atoms with Gasteiger partial charge in [0, 0.05) is 36.1 Å². The van der Waals surface area contributed by atoms with Crippen molar-refractivity contribution in [2.24, 2.45) is 12.0 Å².